The number of hydrogen-bond acceptors (Lipinski definition) is 6. The highest BCUT2D eigenvalue weighted by molar-refractivity contribution is 6.46. The molecule has 2 aromatic carbocycles. The zero-order valence-electron chi connectivity index (χ0n) is 23.2. The predicted octanol–water partition coefficient (Wildman–Crippen LogP) is 5.81. The molecule has 0 saturated carbocycles. The summed E-state index contributed by atoms with van der Waals surface area (Å²) in [6.45, 7) is 12.2. The maximum atomic E-state index is 13.4. The van der Waals surface area contributed by atoms with Crippen molar-refractivity contribution in [2.24, 2.45) is 0 Å². The third kappa shape index (κ3) is 7.16. The third-order valence-corrected chi connectivity index (χ3v) is 6.88. The van der Waals surface area contributed by atoms with Crippen LogP contribution in [0, 0.1) is 0 Å². The average molecular weight is 523 g/mol. The van der Waals surface area contributed by atoms with Gasteiger partial charge in [0.2, 0.25) is 0 Å². The van der Waals surface area contributed by atoms with Gasteiger partial charge in [-0.15, -0.1) is 0 Å². The monoisotopic (exact) mass is 522 g/mol. The number of ether oxygens (including phenoxy) is 2. The van der Waals surface area contributed by atoms with E-state index in [-0.39, 0.29) is 11.3 Å². The van der Waals surface area contributed by atoms with Crippen molar-refractivity contribution in [1.29, 1.82) is 0 Å². The van der Waals surface area contributed by atoms with Crippen molar-refractivity contribution in [1.82, 2.24) is 9.80 Å². The summed E-state index contributed by atoms with van der Waals surface area (Å²) < 4.78 is 11.6. The van der Waals surface area contributed by atoms with E-state index in [1.54, 1.807) is 29.2 Å². The Kier molecular flexibility index (Phi) is 11.2. The Balaban J connectivity index is 2.00. The molecule has 7 heteroatoms. The van der Waals surface area contributed by atoms with Gasteiger partial charge in [0.25, 0.3) is 11.7 Å². The number of ketones is 1. The number of benzene rings is 2. The molecule has 0 aromatic heterocycles. The second-order valence-electron chi connectivity index (χ2n) is 9.52. The molecule has 38 heavy (non-hydrogen) atoms. The first-order valence-corrected chi connectivity index (χ1v) is 13.9. The van der Waals surface area contributed by atoms with E-state index >= 15 is 0 Å². The van der Waals surface area contributed by atoms with E-state index in [2.05, 4.69) is 25.7 Å². The second-order valence-corrected chi connectivity index (χ2v) is 9.52. The van der Waals surface area contributed by atoms with Crippen LogP contribution in [-0.2, 0) is 9.59 Å². The molecule has 206 valence electrons. The number of carbonyl (C=O) groups excluding carboxylic acids is 2. The number of aliphatic hydroxyl groups is 1. The number of nitrogens with zero attached hydrogens (tertiary/aromatic N) is 2. The number of aliphatic hydroxyl groups excluding tert-OH is 1. The zero-order chi connectivity index (χ0) is 27.5. The minimum atomic E-state index is -0.708. The zero-order valence-corrected chi connectivity index (χ0v) is 23.2. The van der Waals surface area contributed by atoms with E-state index < -0.39 is 17.7 Å². The molecule has 0 radical (unpaired) electrons. The molecule has 1 heterocycles. The molecule has 1 N–H and O–H groups in total. The van der Waals surface area contributed by atoms with Crippen molar-refractivity contribution in [2.75, 3.05) is 39.4 Å². The van der Waals surface area contributed by atoms with Crippen LogP contribution in [0.5, 0.6) is 11.5 Å². The van der Waals surface area contributed by atoms with Crippen molar-refractivity contribution >= 4 is 17.4 Å². The highest BCUT2D eigenvalue weighted by atomic mass is 16.5. The lowest BCUT2D eigenvalue weighted by atomic mass is 9.95. The number of likely N-dealkylation sites (tertiary alicyclic amines) is 1. The highest BCUT2D eigenvalue weighted by Gasteiger charge is 2.46. The van der Waals surface area contributed by atoms with Gasteiger partial charge in [-0.25, -0.2) is 0 Å². The Morgan fingerprint density at radius 1 is 0.895 bits per heavy atom. The lowest BCUT2D eigenvalue weighted by Crippen LogP contribution is -2.38. The Morgan fingerprint density at radius 2 is 1.61 bits per heavy atom. The molecule has 1 amide bonds. The quantitative estimate of drug-likeness (QED) is 0.138. The van der Waals surface area contributed by atoms with Gasteiger partial charge < -0.3 is 24.4 Å². The molecule has 0 aliphatic carbocycles. The topological polar surface area (TPSA) is 79.3 Å². The van der Waals surface area contributed by atoms with Crippen LogP contribution in [0.2, 0.25) is 0 Å². The third-order valence-electron chi connectivity index (χ3n) is 6.88. The SMILES string of the molecule is CCCCCOc1cccc(C2/C(=C(\O)c3ccc(OCCC)cc3)C(=O)C(=O)N2CCN(CC)CC)c1. The first kappa shape index (κ1) is 29.2. The Hall–Kier alpha value is -3.32. The van der Waals surface area contributed by atoms with E-state index in [1.807, 2.05) is 31.2 Å². The largest absolute Gasteiger partial charge is 0.507 e. The molecular formula is C31H42N2O5. The van der Waals surface area contributed by atoms with E-state index in [1.165, 1.54) is 0 Å². The van der Waals surface area contributed by atoms with Crippen molar-refractivity contribution in [3.8, 4) is 11.5 Å². The number of likely N-dealkylation sites (N-methyl/N-ethyl adjacent to an activating group) is 1. The van der Waals surface area contributed by atoms with E-state index in [4.69, 9.17) is 9.47 Å². The van der Waals surface area contributed by atoms with Crippen molar-refractivity contribution < 1.29 is 24.2 Å². The van der Waals surface area contributed by atoms with Crippen LogP contribution in [0.25, 0.3) is 5.76 Å². The maximum Gasteiger partial charge on any atom is 0.295 e. The fourth-order valence-corrected chi connectivity index (χ4v) is 4.65. The molecule has 7 nitrogen and oxygen atoms in total. The molecule has 1 atom stereocenters. The van der Waals surface area contributed by atoms with E-state index in [9.17, 15) is 14.7 Å². The fraction of sp³-hybridized carbons (Fsp3) is 0.484. The van der Waals surface area contributed by atoms with Crippen LogP contribution in [0.1, 0.15) is 70.5 Å². The van der Waals surface area contributed by atoms with Crippen LogP contribution >= 0.6 is 0 Å². The molecule has 0 spiro atoms. The summed E-state index contributed by atoms with van der Waals surface area (Å²) in [4.78, 5) is 30.4. The van der Waals surface area contributed by atoms with Crippen molar-refractivity contribution in [3.05, 3.63) is 65.2 Å². The minimum Gasteiger partial charge on any atom is -0.507 e. The van der Waals surface area contributed by atoms with E-state index in [0.717, 1.165) is 44.3 Å². The first-order chi connectivity index (χ1) is 18.4. The summed E-state index contributed by atoms with van der Waals surface area (Å²) in [5, 5.41) is 11.4. The lowest BCUT2D eigenvalue weighted by molar-refractivity contribution is -0.140. The number of Topliss-reactive ketones (excluding diaryl/α,β-unsaturated/α-hetero) is 1. The standard InChI is InChI=1S/C31H42N2O5/c1-5-9-10-21-38-26-13-11-12-24(22-26)28-27(29(34)23-14-16-25(17-15-23)37-20-6-2)30(35)31(36)33(28)19-18-32(7-3)8-4/h11-17,22,28,34H,5-10,18-21H2,1-4H3/b29-27+. The Morgan fingerprint density at radius 3 is 2.26 bits per heavy atom. The van der Waals surface area contributed by atoms with Gasteiger partial charge in [0, 0.05) is 18.7 Å². The van der Waals surface area contributed by atoms with Crippen LogP contribution in [0.3, 0.4) is 0 Å². The summed E-state index contributed by atoms with van der Waals surface area (Å²) in [6, 6.07) is 13.8. The fourth-order valence-electron chi connectivity index (χ4n) is 4.65. The average Bonchev–Trinajstić information content (AvgIpc) is 3.20. The van der Waals surface area contributed by atoms with Gasteiger partial charge in [-0.2, -0.15) is 0 Å². The molecule has 1 saturated heterocycles. The van der Waals surface area contributed by atoms with E-state index in [0.29, 0.717) is 43.4 Å². The van der Waals surface area contributed by atoms with Gasteiger partial charge in [-0.3, -0.25) is 9.59 Å². The lowest BCUT2D eigenvalue weighted by Gasteiger charge is -2.28. The summed E-state index contributed by atoms with van der Waals surface area (Å²) >= 11 is 0. The minimum absolute atomic E-state index is 0.0971. The number of amides is 1. The van der Waals surface area contributed by atoms with Crippen LogP contribution in [0.15, 0.2) is 54.1 Å². The van der Waals surface area contributed by atoms with Gasteiger partial charge in [-0.05, 0) is 67.9 Å². The summed E-state index contributed by atoms with van der Waals surface area (Å²) in [6.07, 6.45) is 4.05. The molecule has 1 fully saturated rings. The summed E-state index contributed by atoms with van der Waals surface area (Å²) in [7, 11) is 0. The van der Waals surface area contributed by atoms with Crippen molar-refractivity contribution in [2.45, 2.75) is 59.4 Å². The Bertz CT molecular complexity index is 1090. The number of carbonyl (C=O) groups is 2. The normalized spacial score (nSPS) is 16.9. The smallest absolute Gasteiger partial charge is 0.295 e. The molecule has 1 unspecified atom stereocenters. The van der Waals surface area contributed by atoms with Crippen LogP contribution < -0.4 is 9.47 Å². The molecular weight excluding hydrogens is 480 g/mol. The van der Waals surface area contributed by atoms with Crippen LogP contribution in [0.4, 0.5) is 0 Å². The first-order valence-electron chi connectivity index (χ1n) is 13.9. The van der Waals surface area contributed by atoms with Crippen molar-refractivity contribution in [3.63, 3.8) is 0 Å². The number of hydrogen-bond donors (Lipinski definition) is 1. The second kappa shape index (κ2) is 14.6. The predicted molar refractivity (Wildman–Crippen MR) is 150 cm³/mol. The molecule has 0 bridgehead atoms. The van der Waals surface area contributed by atoms with Gasteiger partial charge >= 0.3 is 0 Å². The van der Waals surface area contributed by atoms with Gasteiger partial charge in [0.05, 0.1) is 24.8 Å². The molecule has 1 aliphatic rings. The van der Waals surface area contributed by atoms with Crippen LogP contribution in [-0.4, -0.2) is 66.0 Å². The summed E-state index contributed by atoms with van der Waals surface area (Å²) in [5.74, 6) is -0.0820. The van der Waals surface area contributed by atoms with Gasteiger partial charge in [-0.1, -0.05) is 52.7 Å². The maximum absolute atomic E-state index is 13.4. The Labute approximate surface area is 227 Å². The summed E-state index contributed by atoms with van der Waals surface area (Å²) in [5.41, 5.74) is 1.30. The molecule has 1 aliphatic heterocycles. The van der Waals surface area contributed by atoms with Gasteiger partial charge in [0.1, 0.15) is 17.3 Å². The number of unbranched alkanes of at least 4 members (excludes halogenated alkanes) is 2. The number of rotatable bonds is 15. The molecule has 2 aromatic rings. The highest BCUT2D eigenvalue weighted by Crippen LogP contribution is 2.40. The van der Waals surface area contributed by atoms with Gasteiger partial charge in [0.15, 0.2) is 0 Å². The molecule has 3 rings (SSSR count).